The molecule has 2 rings (SSSR count). The predicted octanol–water partition coefficient (Wildman–Crippen LogP) is 2.49. The lowest BCUT2D eigenvalue weighted by Crippen LogP contribution is -2.14. The Bertz CT molecular complexity index is 678. The van der Waals surface area contributed by atoms with Crippen molar-refractivity contribution in [2.45, 2.75) is 18.4 Å². The summed E-state index contributed by atoms with van der Waals surface area (Å²) < 4.78 is 39.6. The fraction of sp³-hybridized carbons (Fsp3) is 0.167. The summed E-state index contributed by atoms with van der Waals surface area (Å²) in [5.74, 6) is -0.439. The van der Waals surface area contributed by atoms with Gasteiger partial charge in [0.15, 0.2) is 0 Å². The first-order valence-corrected chi connectivity index (χ1v) is 7.76. The number of thiophene rings is 1. The van der Waals surface area contributed by atoms with Crippen LogP contribution in [0.25, 0.3) is 0 Å². The molecule has 0 aliphatic heterocycles. The zero-order chi connectivity index (χ0) is 14.0. The van der Waals surface area contributed by atoms with Gasteiger partial charge in [-0.25, -0.2) is 12.8 Å². The highest BCUT2D eigenvalue weighted by Crippen LogP contribution is 2.28. The molecule has 0 amide bonds. The minimum Gasteiger partial charge on any atom is -0.391 e. The predicted molar refractivity (Wildman–Crippen MR) is 72.2 cm³/mol. The van der Waals surface area contributed by atoms with Crippen molar-refractivity contribution in [3.05, 3.63) is 45.9 Å². The second kappa shape index (κ2) is 5.28. The number of benzene rings is 1. The van der Waals surface area contributed by atoms with Crippen molar-refractivity contribution in [3.63, 3.8) is 0 Å². The third-order valence-corrected chi connectivity index (χ3v) is 5.33. The molecule has 0 fully saturated rings. The molecule has 19 heavy (non-hydrogen) atoms. The SMILES string of the molecule is Cc1csc(CO)c1S(=O)(=O)Nc1ccc(F)cc1. The molecule has 0 aliphatic rings. The lowest BCUT2D eigenvalue weighted by atomic mass is 10.3. The number of sulfonamides is 1. The van der Waals surface area contributed by atoms with Gasteiger partial charge in [-0.2, -0.15) is 0 Å². The Morgan fingerprint density at radius 1 is 1.32 bits per heavy atom. The van der Waals surface area contributed by atoms with Crippen LogP contribution >= 0.6 is 11.3 Å². The molecular formula is C12H12FNO3S2. The molecule has 0 saturated carbocycles. The van der Waals surface area contributed by atoms with Gasteiger partial charge in [-0.05, 0) is 42.1 Å². The minimum atomic E-state index is -3.78. The Balaban J connectivity index is 2.37. The largest absolute Gasteiger partial charge is 0.391 e. The summed E-state index contributed by atoms with van der Waals surface area (Å²) in [6.45, 7) is 1.33. The number of aliphatic hydroxyl groups is 1. The van der Waals surface area contributed by atoms with Gasteiger partial charge < -0.3 is 5.11 Å². The van der Waals surface area contributed by atoms with E-state index in [-0.39, 0.29) is 17.2 Å². The lowest BCUT2D eigenvalue weighted by molar-refractivity contribution is 0.282. The smallest absolute Gasteiger partial charge is 0.263 e. The van der Waals surface area contributed by atoms with Crippen LogP contribution < -0.4 is 4.72 Å². The fourth-order valence-electron chi connectivity index (χ4n) is 1.68. The van der Waals surface area contributed by atoms with Crippen molar-refractivity contribution in [1.29, 1.82) is 0 Å². The second-order valence-electron chi connectivity index (χ2n) is 3.94. The number of rotatable bonds is 4. The van der Waals surface area contributed by atoms with Crippen molar-refractivity contribution < 1.29 is 17.9 Å². The van der Waals surface area contributed by atoms with Crippen LogP contribution in [0.1, 0.15) is 10.4 Å². The summed E-state index contributed by atoms with van der Waals surface area (Å²) >= 11 is 1.19. The van der Waals surface area contributed by atoms with E-state index in [9.17, 15) is 12.8 Å². The molecule has 0 spiro atoms. The van der Waals surface area contributed by atoms with E-state index in [1.54, 1.807) is 12.3 Å². The van der Waals surface area contributed by atoms with E-state index >= 15 is 0 Å². The molecule has 0 bridgehead atoms. The molecule has 0 atom stereocenters. The number of hydrogen-bond donors (Lipinski definition) is 2. The van der Waals surface area contributed by atoms with Crippen LogP contribution in [0, 0.1) is 12.7 Å². The van der Waals surface area contributed by atoms with Gasteiger partial charge in [-0.3, -0.25) is 4.72 Å². The molecule has 1 aromatic carbocycles. The lowest BCUT2D eigenvalue weighted by Gasteiger charge is -2.09. The molecule has 7 heteroatoms. The van der Waals surface area contributed by atoms with Gasteiger partial charge in [0.2, 0.25) is 0 Å². The summed E-state index contributed by atoms with van der Waals surface area (Å²) in [5.41, 5.74) is 0.847. The molecule has 2 aromatic rings. The summed E-state index contributed by atoms with van der Waals surface area (Å²) in [5, 5.41) is 10.8. The normalized spacial score (nSPS) is 11.5. The van der Waals surface area contributed by atoms with Gasteiger partial charge in [-0.15, -0.1) is 11.3 Å². The van der Waals surface area contributed by atoms with Crippen LogP contribution in [0.4, 0.5) is 10.1 Å². The monoisotopic (exact) mass is 301 g/mol. The molecule has 0 saturated heterocycles. The van der Waals surface area contributed by atoms with Crippen LogP contribution in [0.3, 0.4) is 0 Å². The van der Waals surface area contributed by atoms with Gasteiger partial charge in [0.25, 0.3) is 10.0 Å². The van der Waals surface area contributed by atoms with Crippen molar-refractivity contribution in [1.82, 2.24) is 0 Å². The van der Waals surface area contributed by atoms with Crippen LogP contribution in [-0.4, -0.2) is 13.5 Å². The zero-order valence-electron chi connectivity index (χ0n) is 10.1. The summed E-state index contributed by atoms with van der Waals surface area (Å²) in [6, 6.07) is 5.02. The number of nitrogens with one attached hydrogen (secondary N) is 1. The molecule has 102 valence electrons. The first kappa shape index (κ1) is 14.0. The Kier molecular flexibility index (Phi) is 3.88. The highest BCUT2D eigenvalue weighted by molar-refractivity contribution is 7.93. The number of anilines is 1. The maximum Gasteiger partial charge on any atom is 0.263 e. The van der Waals surface area contributed by atoms with Gasteiger partial charge in [0.05, 0.1) is 11.5 Å². The van der Waals surface area contributed by atoms with E-state index in [4.69, 9.17) is 5.11 Å². The second-order valence-corrected chi connectivity index (χ2v) is 6.52. The van der Waals surface area contributed by atoms with Crippen molar-refractivity contribution >= 4 is 27.0 Å². The van der Waals surface area contributed by atoms with E-state index in [2.05, 4.69) is 4.72 Å². The average Bonchev–Trinajstić information content (AvgIpc) is 2.74. The third-order valence-electron chi connectivity index (χ3n) is 2.50. The van der Waals surface area contributed by atoms with Crippen LogP contribution in [0.5, 0.6) is 0 Å². The van der Waals surface area contributed by atoms with Crippen molar-refractivity contribution in [3.8, 4) is 0 Å². The number of aryl methyl sites for hydroxylation is 1. The topological polar surface area (TPSA) is 66.4 Å². The Morgan fingerprint density at radius 2 is 1.95 bits per heavy atom. The quantitative estimate of drug-likeness (QED) is 0.912. The fourth-order valence-corrected chi connectivity index (χ4v) is 4.40. The standard InChI is InChI=1S/C12H12FNO3S2/c1-8-7-18-11(6-15)12(8)19(16,17)14-10-4-2-9(13)3-5-10/h2-5,7,14-15H,6H2,1H3. The Labute approximate surface area is 114 Å². The van der Waals surface area contributed by atoms with Gasteiger partial charge in [-0.1, -0.05) is 0 Å². The van der Waals surface area contributed by atoms with Crippen LogP contribution in [0.2, 0.25) is 0 Å². The van der Waals surface area contributed by atoms with Gasteiger partial charge >= 0.3 is 0 Å². The maximum absolute atomic E-state index is 12.8. The van der Waals surface area contributed by atoms with Crippen LogP contribution in [0.15, 0.2) is 34.5 Å². The third kappa shape index (κ3) is 2.94. The van der Waals surface area contributed by atoms with E-state index in [0.717, 1.165) is 0 Å². The molecule has 1 aromatic heterocycles. The molecule has 0 aliphatic carbocycles. The highest BCUT2D eigenvalue weighted by atomic mass is 32.2. The van der Waals surface area contributed by atoms with E-state index in [1.165, 1.54) is 35.6 Å². The van der Waals surface area contributed by atoms with Crippen molar-refractivity contribution in [2.24, 2.45) is 0 Å². The van der Waals surface area contributed by atoms with E-state index in [1.807, 2.05) is 0 Å². The summed E-state index contributed by atoms with van der Waals surface area (Å²) in [7, 11) is -3.78. The first-order chi connectivity index (χ1) is 8.94. The van der Waals surface area contributed by atoms with E-state index < -0.39 is 15.8 Å². The molecule has 4 nitrogen and oxygen atoms in total. The molecule has 2 N–H and O–H groups in total. The Hall–Kier alpha value is -1.44. The first-order valence-electron chi connectivity index (χ1n) is 5.40. The van der Waals surface area contributed by atoms with Crippen LogP contribution in [-0.2, 0) is 16.6 Å². The molecule has 0 radical (unpaired) electrons. The number of halogens is 1. The van der Waals surface area contributed by atoms with Crippen molar-refractivity contribution in [2.75, 3.05) is 4.72 Å². The maximum atomic E-state index is 12.8. The summed E-state index contributed by atoms with van der Waals surface area (Å²) in [4.78, 5) is 0.469. The molecule has 0 unspecified atom stereocenters. The Morgan fingerprint density at radius 3 is 2.53 bits per heavy atom. The van der Waals surface area contributed by atoms with Gasteiger partial charge in [0.1, 0.15) is 10.7 Å². The van der Waals surface area contributed by atoms with E-state index in [0.29, 0.717) is 10.4 Å². The van der Waals surface area contributed by atoms with Gasteiger partial charge in [0, 0.05) is 5.69 Å². The number of hydrogen-bond acceptors (Lipinski definition) is 4. The molecular weight excluding hydrogens is 289 g/mol. The highest BCUT2D eigenvalue weighted by Gasteiger charge is 2.22. The minimum absolute atomic E-state index is 0.0873. The average molecular weight is 301 g/mol. The molecule has 1 heterocycles. The zero-order valence-corrected chi connectivity index (χ0v) is 11.7. The summed E-state index contributed by atoms with van der Waals surface area (Å²) in [6.07, 6.45) is 0. The number of aliphatic hydroxyl groups excluding tert-OH is 1.